The van der Waals surface area contributed by atoms with Gasteiger partial charge in [0.05, 0.1) is 30.9 Å². The molecule has 37 heavy (non-hydrogen) atoms. The molecule has 0 saturated heterocycles. The highest BCUT2D eigenvalue weighted by Crippen LogP contribution is 2.56. The molecule has 0 amide bonds. The zero-order valence-corrected chi connectivity index (χ0v) is 20.4. The average Bonchev–Trinajstić information content (AvgIpc) is 2.85. The van der Waals surface area contributed by atoms with Gasteiger partial charge in [-0.15, -0.1) is 0 Å². The fourth-order valence-electron chi connectivity index (χ4n) is 3.79. The van der Waals surface area contributed by atoms with E-state index in [9.17, 15) is 40.5 Å². The van der Waals surface area contributed by atoms with Crippen LogP contribution in [0.15, 0.2) is 60.7 Å². The van der Waals surface area contributed by atoms with Crippen LogP contribution >= 0.6 is 7.14 Å². The first-order chi connectivity index (χ1) is 17.2. The second kappa shape index (κ2) is 10.0. The van der Waals surface area contributed by atoms with Crippen molar-refractivity contribution in [3.05, 3.63) is 88.5 Å². The number of aryl methyl sites for hydroxylation is 1. The summed E-state index contributed by atoms with van der Waals surface area (Å²) in [5.41, 5.74) is -9.57. The Morgan fingerprint density at radius 2 is 1.14 bits per heavy atom. The van der Waals surface area contributed by atoms with Crippen LogP contribution in [0.25, 0.3) is 0 Å². The summed E-state index contributed by atoms with van der Waals surface area (Å²) in [5, 5.41) is -0.556. The van der Waals surface area contributed by atoms with Crippen LogP contribution in [0, 0.1) is 6.92 Å². The summed E-state index contributed by atoms with van der Waals surface area (Å²) < 4.78 is 108. The van der Waals surface area contributed by atoms with Crippen LogP contribution in [0.4, 0.5) is 26.3 Å². The van der Waals surface area contributed by atoms with E-state index in [0.717, 1.165) is 26.4 Å². The third kappa shape index (κ3) is 5.13. The number of benzene rings is 3. The molecular formula is C25H19F6O5P. The Hall–Kier alpha value is -3.59. The molecule has 3 aromatic rings. The van der Waals surface area contributed by atoms with Gasteiger partial charge in [-0.1, -0.05) is 36.4 Å². The monoisotopic (exact) mass is 544 g/mol. The third-order valence-corrected chi connectivity index (χ3v) is 8.06. The van der Waals surface area contributed by atoms with E-state index in [1.807, 2.05) is 0 Å². The standard InChI is InChI=1S/C25H19F6O5P/c1-14-12-18(35-2)21(19(13-14)36-3)23(33)37(34,15-8-5-4-6-9-15)22(32)20-16(24(26,27)28)10-7-11-17(20)25(29,30)31/h4-13H,1-3H3. The maximum atomic E-state index is 14.5. The molecule has 3 rings (SSSR count). The topological polar surface area (TPSA) is 69.7 Å². The molecule has 0 N–H and O–H groups in total. The maximum Gasteiger partial charge on any atom is 0.417 e. The van der Waals surface area contributed by atoms with Crippen LogP contribution in [-0.4, -0.2) is 25.3 Å². The molecule has 0 radical (unpaired) electrons. The first kappa shape index (κ1) is 28.0. The summed E-state index contributed by atoms with van der Waals surface area (Å²) in [5.74, 6) is -0.461. The van der Waals surface area contributed by atoms with Gasteiger partial charge in [-0.2, -0.15) is 26.3 Å². The van der Waals surface area contributed by atoms with Crippen molar-refractivity contribution >= 4 is 23.5 Å². The quantitative estimate of drug-likeness (QED) is 0.244. The molecule has 12 heteroatoms. The van der Waals surface area contributed by atoms with Crippen molar-refractivity contribution in [2.75, 3.05) is 14.2 Å². The van der Waals surface area contributed by atoms with E-state index >= 15 is 0 Å². The maximum absolute atomic E-state index is 14.5. The van der Waals surface area contributed by atoms with E-state index < -0.39 is 58.1 Å². The lowest BCUT2D eigenvalue weighted by Crippen LogP contribution is -2.26. The van der Waals surface area contributed by atoms with Gasteiger partial charge in [0.2, 0.25) is 18.2 Å². The van der Waals surface area contributed by atoms with E-state index in [0.29, 0.717) is 11.6 Å². The number of ether oxygens (including phenoxy) is 2. The van der Waals surface area contributed by atoms with Crippen LogP contribution in [0.5, 0.6) is 11.5 Å². The van der Waals surface area contributed by atoms with Crippen LogP contribution in [0.3, 0.4) is 0 Å². The molecule has 5 nitrogen and oxygen atoms in total. The minimum atomic E-state index is -5.43. The number of halogens is 6. The molecule has 0 aliphatic heterocycles. The largest absolute Gasteiger partial charge is 0.496 e. The van der Waals surface area contributed by atoms with Crippen molar-refractivity contribution in [3.63, 3.8) is 0 Å². The summed E-state index contributed by atoms with van der Waals surface area (Å²) in [4.78, 5) is 27.6. The first-order valence-corrected chi connectivity index (χ1v) is 12.1. The summed E-state index contributed by atoms with van der Waals surface area (Å²) in [7, 11) is -3.14. The van der Waals surface area contributed by atoms with Crippen molar-refractivity contribution in [2.45, 2.75) is 19.3 Å². The number of rotatable bonds is 7. The predicted molar refractivity (Wildman–Crippen MR) is 123 cm³/mol. The highest BCUT2D eigenvalue weighted by Gasteiger charge is 2.51. The Balaban J connectivity index is 2.46. The molecule has 0 saturated carbocycles. The minimum Gasteiger partial charge on any atom is -0.496 e. The number of hydrogen-bond acceptors (Lipinski definition) is 5. The molecule has 0 heterocycles. The zero-order valence-electron chi connectivity index (χ0n) is 19.5. The van der Waals surface area contributed by atoms with Crippen LogP contribution < -0.4 is 14.8 Å². The van der Waals surface area contributed by atoms with Gasteiger partial charge in [0.25, 0.3) is 0 Å². The number of methoxy groups -OCH3 is 2. The van der Waals surface area contributed by atoms with Crippen molar-refractivity contribution in [3.8, 4) is 11.5 Å². The van der Waals surface area contributed by atoms with Gasteiger partial charge >= 0.3 is 12.4 Å². The Bertz CT molecular complexity index is 1340. The lowest BCUT2D eigenvalue weighted by molar-refractivity contribution is -0.143. The summed E-state index contributed by atoms with van der Waals surface area (Å²) >= 11 is 0. The van der Waals surface area contributed by atoms with Gasteiger partial charge in [0.1, 0.15) is 17.1 Å². The van der Waals surface area contributed by atoms with Gasteiger partial charge < -0.3 is 14.0 Å². The summed E-state index contributed by atoms with van der Waals surface area (Å²) in [6, 6.07) is 9.56. The molecule has 0 aromatic heterocycles. The lowest BCUT2D eigenvalue weighted by atomic mass is 10.0. The number of hydrogen-bond donors (Lipinski definition) is 0. The molecule has 1 atom stereocenters. The Morgan fingerprint density at radius 1 is 0.703 bits per heavy atom. The highest BCUT2D eigenvalue weighted by molar-refractivity contribution is 8.01. The van der Waals surface area contributed by atoms with Gasteiger partial charge in [-0.05, 0) is 36.8 Å². The van der Waals surface area contributed by atoms with E-state index in [4.69, 9.17) is 9.47 Å². The molecule has 0 fully saturated rings. The van der Waals surface area contributed by atoms with Gasteiger partial charge in [0, 0.05) is 5.30 Å². The Labute approximate surface area is 207 Å². The Kier molecular flexibility index (Phi) is 7.60. The highest BCUT2D eigenvalue weighted by atomic mass is 31.2. The van der Waals surface area contributed by atoms with Crippen LogP contribution in [-0.2, 0) is 16.9 Å². The fraction of sp³-hybridized carbons (Fsp3) is 0.200. The zero-order chi connectivity index (χ0) is 27.8. The van der Waals surface area contributed by atoms with Gasteiger partial charge in [0.15, 0.2) is 0 Å². The molecule has 0 aliphatic carbocycles. The van der Waals surface area contributed by atoms with Crippen LogP contribution in [0.1, 0.15) is 37.4 Å². The molecule has 3 aromatic carbocycles. The lowest BCUT2D eigenvalue weighted by Gasteiger charge is -2.23. The molecular weight excluding hydrogens is 525 g/mol. The van der Waals surface area contributed by atoms with E-state index in [-0.39, 0.29) is 23.6 Å². The molecule has 0 spiro atoms. The molecule has 0 bridgehead atoms. The number of carbonyl (C=O) groups excluding carboxylic acids is 2. The van der Waals surface area contributed by atoms with Crippen molar-refractivity contribution in [1.29, 1.82) is 0 Å². The van der Waals surface area contributed by atoms with E-state index in [1.165, 1.54) is 30.3 Å². The number of carbonyl (C=O) groups is 2. The van der Waals surface area contributed by atoms with Gasteiger partial charge in [-0.25, -0.2) is 0 Å². The van der Waals surface area contributed by atoms with Gasteiger partial charge in [-0.3, -0.25) is 9.59 Å². The average molecular weight is 544 g/mol. The Morgan fingerprint density at radius 3 is 1.54 bits per heavy atom. The summed E-state index contributed by atoms with van der Waals surface area (Å²) in [6.07, 6.45) is -10.9. The smallest absolute Gasteiger partial charge is 0.417 e. The van der Waals surface area contributed by atoms with E-state index in [1.54, 1.807) is 6.92 Å². The minimum absolute atomic E-state index is 0.231. The second-order valence-corrected chi connectivity index (χ2v) is 10.4. The first-order valence-electron chi connectivity index (χ1n) is 10.4. The number of alkyl halides is 6. The SMILES string of the molecule is COc1cc(C)cc(OC)c1C(=O)P(=O)(C(=O)c1c(C(F)(F)F)cccc1C(F)(F)F)c1ccccc1. The fourth-order valence-corrected chi connectivity index (χ4v) is 6.13. The van der Waals surface area contributed by atoms with Crippen molar-refractivity contribution in [2.24, 2.45) is 0 Å². The normalized spacial score (nSPS) is 13.5. The third-order valence-electron chi connectivity index (χ3n) is 5.44. The van der Waals surface area contributed by atoms with Crippen molar-refractivity contribution < 1.29 is 50.0 Å². The second-order valence-electron chi connectivity index (χ2n) is 7.82. The molecule has 0 aliphatic rings. The molecule has 196 valence electrons. The van der Waals surface area contributed by atoms with Crippen LogP contribution in [0.2, 0.25) is 0 Å². The van der Waals surface area contributed by atoms with Crippen molar-refractivity contribution in [1.82, 2.24) is 0 Å². The summed E-state index contributed by atoms with van der Waals surface area (Å²) in [6.45, 7) is 1.59. The molecule has 1 unspecified atom stereocenters. The predicted octanol–water partition coefficient (Wildman–Crippen LogP) is 6.72. The van der Waals surface area contributed by atoms with E-state index in [2.05, 4.69) is 0 Å².